The summed E-state index contributed by atoms with van der Waals surface area (Å²) in [5.41, 5.74) is 4.68. The van der Waals surface area contributed by atoms with E-state index < -0.39 is 4.92 Å². The highest BCUT2D eigenvalue weighted by Crippen LogP contribution is 2.38. The molecular formula is C29H25NO6. The topological polar surface area (TPSA) is 113 Å². The van der Waals surface area contributed by atoms with Crippen LogP contribution in [0.25, 0.3) is 0 Å². The van der Waals surface area contributed by atoms with E-state index >= 15 is 0 Å². The van der Waals surface area contributed by atoms with Crippen LogP contribution < -0.4 is 4.74 Å². The number of hydrogen-bond donors (Lipinski definition) is 3. The Bertz CT molecular complexity index is 1400. The van der Waals surface area contributed by atoms with Gasteiger partial charge in [0.15, 0.2) is 0 Å². The fourth-order valence-electron chi connectivity index (χ4n) is 4.98. The molecule has 0 unspecified atom stereocenters. The van der Waals surface area contributed by atoms with Crippen LogP contribution in [0.1, 0.15) is 44.5 Å². The highest BCUT2D eigenvalue weighted by Gasteiger charge is 2.21. The fourth-order valence-corrected chi connectivity index (χ4v) is 4.98. The van der Waals surface area contributed by atoms with Crippen molar-refractivity contribution in [2.24, 2.45) is 0 Å². The van der Waals surface area contributed by atoms with Crippen molar-refractivity contribution in [3.63, 3.8) is 0 Å². The van der Waals surface area contributed by atoms with E-state index in [1.165, 1.54) is 12.1 Å². The molecule has 0 aromatic heterocycles. The molecule has 0 saturated heterocycles. The lowest BCUT2D eigenvalue weighted by atomic mass is 9.91. The zero-order valence-corrected chi connectivity index (χ0v) is 19.7. The lowest BCUT2D eigenvalue weighted by Gasteiger charge is -2.18. The SMILES string of the molecule is COc1c2cccc1Cc1cccc(c1O)Cc1cc([N+](=O)[O-])cc(c1O)Cc1cccc(c1O)C2. The van der Waals surface area contributed by atoms with Crippen LogP contribution in [0.2, 0.25) is 0 Å². The number of nitrogens with zero attached hydrogens (tertiary/aromatic N) is 1. The number of rotatable bonds is 2. The number of methoxy groups -OCH3 is 1. The second-order valence-electron chi connectivity index (χ2n) is 9.04. The Balaban J connectivity index is 1.76. The summed E-state index contributed by atoms with van der Waals surface area (Å²) in [4.78, 5) is 11.2. The number of nitro groups is 1. The number of fused-ring (bicyclic) bond motifs is 8. The first kappa shape index (κ1) is 23.2. The van der Waals surface area contributed by atoms with E-state index in [4.69, 9.17) is 4.74 Å². The number of phenolic OH excluding ortho intramolecular Hbond substituents is 3. The standard InChI is InChI=1S/C29H25NO6/c1-36-29-21-9-4-10-22(29)12-18-6-3-8-20(27(18)32)14-24-16-25(30(34)35)15-23(28(24)33)13-19-7-2-5-17(11-21)26(19)31/h2-10,15-16,31-33H,11-14H2,1H3. The molecule has 0 spiro atoms. The molecule has 7 nitrogen and oxygen atoms in total. The van der Waals surface area contributed by atoms with Gasteiger partial charge in [0.2, 0.25) is 0 Å². The molecule has 0 fully saturated rings. The molecule has 1 aliphatic carbocycles. The van der Waals surface area contributed by atoms with E-state index in [-0.39, 0.29) is 35.8 Å². The molecule has 0 aliphatic heterocycles. The molecule has 3 N–H and O–H groups in total. The van der Waals surface area contributed by atoms with Gasteiger partial charge in [-0.05, 0) is 33.4 Å². The normalized spacial score (nSPS) is 12.7. The summed E-state index contributed by atoms with van der Waals surface area (Å²) >= 11 is 0. The van der Waals surface area contributed by atoms with Gasteiger partial charge in [-0.2, -0.15) is 0 Å². The molecule has 5 rings (SSSR count). The summed E-state index contributed by atoms with van der Waals surface area (Å²) in [6, 6.07) is 19.2. The first-order valence-corrected chi connectivity index (χ1v) is 11.6. The third kappa shape index (κ3) is 4.20. The number of hydrogen-bond acceptors (Lipinski definition) is 6. The molecule has 0 saturated carbocycles. The van der Waals surface area contributed by atoms with Crippen LogP contribution in [0.15, 0.2) is 66.7 Å². The average molecular weight is 484 g/mol. The van der Waals surface area contributed by atoms with Gasteiger partial charge in [0.25, 0.3) is 5.69 Å². The Morgan fingerprint density at radius 3 is 1.33 bits per heavy atom. The minimum Gasteiger partial charge on any atom is -0.507 e. The second kappa shape index (κ2) is 9.26. The first-order valence-electron chi connectivity index (χ1n) is 11.6. The number of benzene rings is 4. The Morgan fingerprint density at radius 1 is 0.639 bits per heavy atom. The summed E-state index contributed by atoms with van der Waals surface area (Å²) in [6.07, 6.45) is 0.997. The quantitative estimate of drug-likeness (QED) is 0.229. The molecule has 4 aromatic rings. The summed E-state index contributed by atoms with van der Waals surface area (Å²) in [7, 11) is 1.61. The zero-order chi connectivity index (χ0) is 25.4. The monoisotopic (exact) mass is 483 g/mol. The molecule has 0 heterocycles. The lowest BCUT2D eigenvalue weighted by Crippen LogP contribution is -2.03. The molecule has 182 valence electrons. The van der Waals surface area contributed by atoms with Crippen molar-refractivity contribution < 1.29 is 25.0 Å². The van der Waals surface area contributed by atoms with Crippen LogP contribution >= 0.6 is 0 Å². The van der Waals surface area contributed by atoms with Gasteiger partial charge in [-0.15, -0.1) is 0 Å². The molecule has 0 amide bonds. The smallest absolute Gasteiger partial charge is 0.270 e. The minimum atomic E-state index is -0.504. The van der Waals surface area contributed by atoms with Gasteiger partial charge in [-0.1, -0.05) is 54.6 Å². The van der Waals surface area contributed by atoms with Gasteiger partial charge >= 0.3 is 0 Å². The first-order chi connectivity index (χ1) is 17.4. The van der Waals surface area contributed by atoms with Crippen LogP contribution in [0, 0.1) is 10.1 Å². The maximum absolute atomic E-state index is 11.7. The molecule has 8 bridgehead atoms. The Morgan fingerprint density at radius 2 is 0.972 bits per heavy atom. The predicted octanol–water partition coefficient (Wildman–Crippen LogP) is 5.40. The summed E-state index contributed by atoms with van der Waals surface area (Å²) in [6.45, 7) is 0. The number of aromatic hydroxyl groups is 3. The molecule has 36 heavy (non-hydrogen) atoms. The van der Waals surface area contributed by atoms with Gasteiger partial charge in [0, 0.05) is 48.9 Å². The maximum atomic E-state index is 11.7. The Labute approximate surface area is 208 Å². The molecule has 1 aliphatic rings. The third-order valence-electron chi connectivity index (χ3n) is 6.78. The third-order valence-corrected chi connectivity index (χ3v) is 6.78. The summed E-state index contributed by atoms with van der Waals surface area (Å²) in [5.74, 6) is 0.756. The van der Waals surface area contributed by atoms with Crippen molar-refractivity contribution in [3.05, 3.63) is 121 Å². The van der Waals surface area contributed by atoms with Crippen molar-refractivity contribution in [2.75, 3.05) is 7.11 Å². The molecule has 4 aromatic carbocycles. The predicted molar refractivity (Wildman–Crippen MR) is 135 cm³/mol. The van der Waals surface area contributed by atoms with Crippen molar-refractivity contribution in [1.82, 2.24) is 0 Å². The lowest BCUT2D eigenvalue weighted by molar-refractivity contribution is -0.385. The highest BCUT2D eigenvalue weighted by atomic mass is 16.6. The number of non-ortho nitro benzene ring substituents is 1. The van der Waals surface area contributed by atoms with Crippen molar-refractivity contribution >= 4 is 5.69 Å². The number of para-hydroxylation sites is 3. The average Bonchev–Trinajstić information content (AvgIpc) is 2.85. The van der Waals surface area contributed by atoms with Crippen molar-refractivity contribution in [3.8, 4) is 23.0 Å². The number of ether oxygens (including phenoxy) is 1. The summed E-state index contributed by atoms with van der Waals surface area (Å²) < 4.78 is 5.77. The maximum Gasteiger partial charge on any atom is 0.270 e. The van der Waals surface area contributed by atoms with Crippen LogP contribution in [-0.2, 0) is 25.7 Å². The van der Waals surface area contributed by atoms with E-state index in [0.29, 0.717) is 52.0 Å². The molecule has 0 atom stereocenters. The Kier molecular flexibility index (Phi) is 5.98. The molecular weight excluding hydrogens is 458 g/mol. The van der Waals surface area contributed by atoms with E-state index in [2.05, 4.69) is 0 Å². The van der Waals surface area contributed by atoms with E-state index in [1.54, 1.807) is 19.2 Å². The van der Waals surface area contributed by atoms with Gasteiger partial charge < -0.3 is 20.1 Å². The number of phenols is 3. The van der Waals surface area contributed by atoms with Gasteiger partial charge in [0.05, 0.1) is 12.0 Å². The highest BCUT2D eigenvalue weighted by molar-refractivity contribution is 5.57. The molecule has 0 radical (unpaired) electrons. The fraction of sp³-hybridized carbons (Fsp3) is 0.172. The van der Waals surface area contributed by atoms with Crippen LogP contribution in [0.3, 0.4) is 0 Å². The largest absolute Gasteiger partial charge is 0.507 e. The van der Waals surface area contributed by atoms with Gasteiger partial charge in [-0.3, -0.25) is 10.1 Å². The van der Waals surface area contributed by atoms with E-state index in [0.717, 1.165) is 11.1 Å². The van der Waals surface area contributed by atoms with Gasteiger partial charge in [-0.25, -0.2) is 0 Å². The summed E-state index contributed by atoms with van der Waals surface area (Å²) in [5, 5.41) is 45.0. The minimum absolute atomic E-state index is 0.0763. The van der Waals surface area contributed by atoms with E-state index in [9.17, 15) is 25.4 Å². The van der Waals surface area contributed by atoms with Crippen LogP contribution in [0.4, 0.5) is 5.69 Å². The van der Waals surface area contributed by atoms with Gasteiger partial charge in [0.1, 0.15) is 23.0 Å². The van der Waals surface area contributed by atoms with Crippen LogP contribution in [-0.4, -0.2) is 27.4 Å². The van der Waals surface area contributed by atoms with E-state index in [1.807, 2.05) is 42.5 Å². The second-order valence-corrected chi connectivity index (χ2v) is 9.04. The van der Waals surface area contributed by atoms with Crippen molar-refractivity contribution in [2.45, 2.75) is 25.7 Å². The van der Waals surface area contributed by atoms with Crippen LogP contribution in [0.5, 0.6) is 23.0 Å². The zero-order valence-electron chi connectivity index (χ0n) is 19.7. The number of nitro benzene ring substituents is 1. The molecule has 7 heteroatoms. The Hall–Kier alpha value is -4.52. The van der Waals surface area contributed by atoms with Crippen molar-refractivity contribution in [1.29, 1.82) is 0 Å².